The number of amides is 2. The Bertz CT molecular complexity index is 1490. The number of ether oxygens (including phenoxy) is 2. The first-order valence-electron chi connectivity index (χ1n) is 14.6. The number of aliphatic hydroxyl groups excluding tert-OH is 1. The average Bonchev–Trinajstić information content (AvgIpc) is 3.40. The van der Waals surface area contributed by atoms with Crippen LogP contribution < -0.4 is 10.1 Å². The molecule has 0 spiro atoms. The fourth-order valence-corrected chi connectivity index (χ4v) is 6.50. The summed E-state index contributed by atoms with van der Waals surface area (Å²) in [6, 6.07) is 19.9. The zero-order valence-corrected chi connectivity index (χ0v) is 26.0. The van der Waals surface area contributed by atoms with Crippen LogP contribution in [0.25, 0.3) is 0 Å². The number of nitrogens with one attached hydrogen (secondary N) is 1. The molecule has 4 rings (SSSR count). The summed E-state index contributed by atoms with van der Waals surface area (Å²) in [6.07, 6.45) is -0.455. The van der Waals surface area contributed by atoms with E-state index in [2.05, 4.69) is 10.3 Å². The van der Waals surface area contributed by atoms with Crippen LogP contribution in [-0.2, 0) is 32.5 Å². The van der Waals surface area contributed by atoms with Crippen molar-refractivity contribution in [1.29, 1.82) is 0 Å². The highest BCUT2D eigenvalue weighted by Gasteiger charge is 2.38. The first-order chi connectivity index (χ1) is 21.1. The van der Waals surface area contributed by atoms with Gasteiger partial charge in [0.1, 0.15) is 5.75 Å². The van der Waals surface area contributed by atoms with Crippen molar-refractivity contribution in [2.45, 2.75) is 56.4 Å². The van der Waals surface area contributed by atoms with Gasteiger partial charge >= 0.3 is 6.09 Å². The number of pyridine rings is 1. The second-order valence-electron chi connectivity index (χ2n) is 11.0. The molecule has 12 heteroatoms. The Kier molecular flexibility index (Phi) is 11.3. The number of sulfonamides is 1. The largest absolute Gasteiger partial charge is 0.497 e. The topological polar surface area (TPSA) is 138 Å². The molecule has 2 heterocycles. The maximum atomic E-state index is 13.8. The summed E-state index contributed by atoms with van der Waals surface area (Å²) in [5.74, 6) is -0.175. The fraction of sp³-hybridized carbons (Fsp3) is 0.406. The van der Waals surface area contributed by atoms with Crippen LogP contribution in [0, 0.1) is 5.92 Å². The van der Waals surface area contributed by atoms with Gasteiger partial charge in [-0.1, -0.05) is 62.7 Å². The predicted octanol–water partition coefficient (Wildman–Crippen LogP) is 3.24. The first-order valence-corrected chi connectivity index (χ1v) is 16.1. The van der Waals surface area contributed by atoms with Gasteiger partial charge in [0, 0.05) is 25.4 Å². The molecule has 44 heavy (non-hydrogen) atoms. The molecule has 0 aliphatic carbocycles. The zero-order chi connectivity index (χ0) is 31.7. The third-order valence-corrected chi connectivity index (χ3v) is 9.46. The third kappa shape index (κ3) is 8.55. The number of methoxy groups -OCH3 is 1. The molecule has 2 amide bonds. The van der Waals surface area contributed by atoms with Gasteiger partial charge in [0.2, 0.25) is 10.0 Å². The molecule has 0 radical (unpaired) electrons. The minimum absolute atomic E-state index is 0.00716. The minimum Gasteiger partial charge on any atom is -0.497 e. The number of cyclic esters (lactones) is 1. The van der Waals surface area contributed by atoms with E-state index in [9.17, 15) is 23.1 Å². The van der Waals surface area contributed by atoms with Crippen LogP contribution in [0.15, 0.2) is 83.9 Å². The lowest BCUT2D eigenvalue weighted by atomic mass is 10.0. The van der Waals surface area contributed by atoms with Gasteiger partial charge in [0.25, 0.3) is 5.91 Å². The van der Waals surface area contributed by atoms with E-state index in [-0.39, 0.29) is 43.4 Å². The summed E-state index contributed by atoms with van der Waals surface area (Å²) in [5.41, 5.74) is 1.49. The fourth-order valence-electron chi connectivity index (χ4n) is 4.88. The molecule has 11 nitrogen and oxygen atoms in total. The van der Waals surface area contributed by atoms with Gasteiger partial charge in [-0.3, -0.25) is 14.7 Å². The normalized spacial score (nSPS) is 17.2. The molecule has 3 aromatic rings. The predicted molar refractivity (Wildman–Crippen MR) is 164 cm³/mol. The Balaban J connectivity index is 1.54. The number of aromatic nitrogens is 1. The molecule has 4 atom stereocenters. The van der Waals surface area contributed by atoms with Gasteiger partial charge < -0.3 is 19.9 Å². The molecule has 1 aliphatic rings. The second kappa shape index (κ2) is 15.1. The number of benzene rings is 2. The SMILES string of the molecule is CC[C@@H](C)CN(C[C@@H](O)C(Cc1ccccc1)NC(=O)[C@@H]1CN(Cc2ccccn2)C(=O)O1)S(=O)(=O)c1cccc(OC)c1. The Labute approximate surface area is 258 Å². The van der Waals surface area contributed by atoms with E-state index in [1.807, 2.05) is 50.2 Å². The average molecular weight is 625 g/mol. The Morgan fingerprint density at radius 3 is 2.57 bits per heavy atom. The minimum atomic E-state index is -4.03. The van der Waals surface area contributed by atoms with Crippen LogP contribution >= 0.6 is 0 Å². The van der Waals surface area contributed by atoms with Gasteiger partial charge in [0.05, 0.1) is 42.9 Å². The molecular formula is C32H40N4O7S. The van der Waals surface area contributed by atoms with Crippen molar-refractivity contribution >= 4 is 22.0 Å². The van der Waals surface area contributed by atoms with Crippen molar-refractivity contribution in [2.24, 2.45) is 5.92 Å². The first kappa shape index (κ1) is 32.9. The summed E-state index contributed by atoms with van der Waals surface area (Å²) >= 11 is 0. The lowest BCUT2D eigenvalue weighted by Gasteiger charge is -2.31. The van der Waals surface area contributed by atoms with Crippen LogP contribution in [0.2, 0.25) is 0 Å². The van der Waals surface area contributed by atoms with E-state index in [1.165, 1.54) is 28.4 Å². The number of carbonyl (C=O) groups is 2. The van der Waals surface area contributed by atoms with Crippen LogP contribution in [0.5, 0.6) is 5.75 Å². The third-order valence-electron chi connectivity index (χ3n) is 7.63. The van der Waals surface area contributed by atoms with E-state index in [0.717, 1.165) is 12.0 Å². The standard InChI is InChI=1S/C32H40N4O7S/c1-4-23(2)19-36(44(40,41)27-15-10-14-26(18-27)42-3)21-29(37)28(17-24-11-6-5-7-12-24)34-31(38)30-22-35(32(39)43-30)20-25-13-8-9-16-33-25/h5-16,18,23,28-30,37H,4,17,19-22H2,1-3H3,(H,34,38)/t23-,28?,29-,30+/m1/s1. The van der Waals surface area contributed by atoms with Crippen molar-refractivity contribution in [3.8, 4) is 5.75 Å². The number of rotatable bonds is 15. The van der Waals surface area contributed by atoms with Crippen molar-refractivity contribution in [3.05, 3.63) is 90.3 Å². The van der Waals surface area contributed by atoms with E-state index in [1.54, 1.807) is 30.5 Å². The van der Waals surface area contributed by atoms with Gasteiger partial charge in [-0.25, -0.2) is 13.2 Å². The molecule has 2 N–H and O–H groups in total. The number of carbonyl (C=O) groups excluding carboxylic acids is 2. The summed E-state index contributed by atoms with van der Waals surface area (Å²) in [6.45, 7) is 4.01. The smallest absolute Gasteiger partial charge is 0.411 e. The quantitative estimate of drug-likeness (QED) is 0.263. The molecule has 1 saturated heterocycles. The summed E-state index contributed by atoms with van der Waals surface area (Å²) in [4.78, 5) is 31.6. The molecule has 0 saturated carbocycles. The van der Waals surface area contributed by atoms with Gasteiger partial charge in [0.15, 0.2) is 6.10 Å². The highest BCUT2D eigenvalue weighted by molar-refractivity contribution is 7.89. The molecule has 2 aromatic carbocycles. The molecule has 1 unspecified atom stereocenters. The molecule has 1 aromatic heterocycles. The second-order valence-corrected chi connectivity index (χ2v) is 12.9. The van der Waals surface area contributed by atoms with Crippen LogP contribution in [0.4, 0.5) is 4.79 Å². The zero-order valence-electron chi connectivity index (χ0n) is 25.2. The maximum absolute atomic E-state index is 13.8. The lowest BCUT2D eigenvalue weighted by molar-refractivity contribution is -0.129. The van der Waals surface area contributed by atoms with Crippen molar-refractivity contribution in [2.75, 3.05) is 26.7 Å². The van der Waals surface area contributed by atoms with Crippen LogP contribution in [-0.4, -0.2) is 84.7 Å². The maximum Gasteiger partial charge on any atom is 0.411 e. The monoisotopic (exact) mass is 624 g/mol. The molecule has 1 fully saturated rings. The highest BCUT2D eigenvalue weighted by atomic mass is 32.2. The van der Waals surface area contributed by atoms with E-state index < -0.39 is 40.3 Å². The van der Waals surface area contributed by atoms with Crippen molar-refractivity contribution in [1.82, 2.24) is 19.5 Å². The summed E-state index contributed by atoms with van der Waals surface area (Å²) in [7, 11) is -2.57. The molecule has 236 valence electrons. The van der Waals surface area contributed by atoms with Gasteiger partial charge in [-0.2, -0.15) is 4.31 Å². The molecular weight excluding hydrogens is 584 g/mol. The number of nitrogens with zero attached hydrogens (tertiary/aromatic N) is 3. The number of hydrogen-bond acceptors (Lipinski definition) is 8. The molecule has 1 aliphatic heterocycles. The Morgan fingerprint density at radius 2 is 1.89 bits per heavy atom. The molecule has 0 bridgehead atoms. The Hall–Kier alpha value is -4.00. The van der Waals surface area contributed by atoms with Crippen molar-refractivity contribution < 1.29 is 32.6 Å². The number of aliphatic hydroxyl groups is 1. The van der Waals surface area contributed by atoms with E-state index in [4.69, 9.17) is 9.47 Å². The highest BCUT2D eigenvalue weighted by Crippen LogP contribution is 2.24. The van der Waals surface area contributed by atoms with E-state index >= 15 is 0 Å². The van der Waals surface area contributed by atoms with Crippen molar-refractivity contribution in [3.63, 3.8) is 0 Å². The van der Waals surface area contributed by atoms with Crippen LogP contribution in [0.1, 0.15) is 31.5 Å². The van der Waals surface area contributed by atoms with E-state index in [0.29, 0.717) is 11.4 Å². The van der Waals surface area contributed by atoms with Gasteiger partial charge in [-0.15, -0.1) is 0 Å². The van der Waals surface area contributed by atoms with Gasteiger partial charge in [-0.05, 0) is 42.2 Å². The van der Waals surface area contributed by atoms with Crippen LogP contribution in [0.3, 0.4) is 0 Å². The summed E-state index contributed by atoms with van der Waals surface area (Å²) in [5, 5.41) is 14.4. The summed E-state index contributed by atoms with van der Waals surface area (Å²) < 4.78 is 39.5. The lowest BCUT2D eigenvalue weighted by Crippen LogP contribution is -2.53. The number of hydrogen-bond donors (Lipinski definition) is 2. The Morgan fingerprint density at radius 1 is 1.14 bits per heavy atom.